The highest BCUT2D eigenvalue weighted by Gasteiger charge is 2.38. The number of anilines is 2. The molecule has 124 valence electrons. The second kappa shape index (κ2) is 6.31. The first-order chi connectivity index (χ1) is 10.6. The van der Waals surface area contributed by atoms with E-state index < -0.39 is 30.4 Å². The van der Waals surface area contributed by atoms with Crippen molar-refractivity contribution in [3.8, 4) is 5.88 Å². The number of alkyl halides is 6. The summed E-state index contributed by atoms with van der Waals surface area (Å²) in [5.41, 5.74) is -1.03. The summed E-state index contributed by atoms with van der Waals surface area (Å²) >= 11 is 0. The fraction of sp³-hybridized carbons (Fsp3) is 0.231. The maximum absolute atomic E-state index is 12.8. The Balaban J connectivity index is 2.29. The standard InChI is InChI=1S/C13H9F6N3O/c14-12(15,16)7-23-10-9(13(17,18)19)6-20-11(22-10)21-8-4-2-1-3-5-8/h1-6H,7H2,(H,20,21,22). The fourth-order valence-corrected chi connectivity index (χ4v) is 1.53. The highest BCUT2D eigenvalue weighted by molar-refractivity contribution is 5.53. The van der Waals surface area contributed by atoms with Crippen molar-refractivity contribution in [3.05, 3.63) is 42.1 Å². The molecule has 0 unspecified atom stereocenters. The third-order valence-electron chi connectivity index (χ3n) is 2.46. The van der Waals surface area contributed by atoms with Crippen LogP contribution < -0.4 is 10.1 Å². The van der Waals surface area contributed by atoms with Crippen LogP contribution in [-0.4, -0.2) is 22.8 Å². The van der Waals surface area contributed by atoms with Crippen molar-refractivity contribution in [2.45, 2.75) is 12.4 Å². The Kier molecular flexibility index (Phi) is 4.62. The number of aromatic nitrogens is 2. The number of rotatable bonds is 4. The van der Waals surface area contributed by atoms with Crippen molar-refractivity contribution in [1.82, 2.24) is 9.97 Å². The number of ether oxygens (including phenoxy) is 1. The first kappa shape index (κ1) is 16.8. The lowest BCUT2D eigenvalue weighted by molar-refractivity contribution is -0.159. The van der Waals surface area contributed by atoms with Gasteiger partial charge in [0.05, 0.1) is 0 Å². The third-order valence-corrected chi connectivity index (χ3v) is 2.46. The van der Waals surface area contributed by atoms with Crippen molar-refractivity contribution in [2.24, 2.45) is 0 Å². The first-order valence-electron chi connectivity index (χ1n) is 6.11. The van der Waals surface area contributed by atoms with E-state index in [-0.39, 0.29) is 5.95 Å². The van der Waals surface area contributed by atoms with Gasteiger partial charge in [-0.05, 0) is 12.1 Å². The minimum atomic E-state index is -4.94. The van der Waals surface area contributed by atoms with E-state index in [0.29, 0.717) is 11.9 Å². The number of para-hydroxylation sites is 1. The van der Waals surface area contributed by atoms with E-state index in [1.165, 1.54) is 0 Å². The lowest BCUT2D eigenvalue weighted by atomic mass is 10.3. The molecule has 0 aliphatic carbocycles. The lowest BCUT2D eigenvalue weighted by Gasteiger charge is -2.15. The molecule has 23 heavy (non-hydrogen) atoms. The summed E-state index contributed by atoms with van der Waals surface area (Å²) in [6.07, 6.45) is -9.36. The Morgan fingerprint density at radius 3 is 2.22 bits per heavy atom. The molecule has 0 radical (unpaired) electrons. The molecule has 1 N–H and O–H groups in total. The molecular formula is C13H9F6N3O. The zero-order chi connectivity index (χ0) is 17.1. The number of nitrogens with zero attached hydrogens (tertiary/aromatic N) is 2. The van der Waals surface area contributed by atoms with Gasteiger partial charge in [-0.3, -0.25) is 0 Å². The van der Waals surface area contributed by atoms with Gasteiger partial charge in [-0.2, -0.15) is 31.3 Å². The second-order valence-electron chi connectivity index (χ2n) is 4.31. The Labute approximate surface area is 126 Å². The van der Waals surface area contributed by atoms with E-state index in [0.717, 1.165) is 0 Å². The van der Waals surface area contributed by atoms with Crippen molar-refractivity contribution < 1.29 is 31.1 Å². The van der Waals surface area contributed by atoms with Gasteiger partial charge in [-0.15, -0.1) is 0 Å². The number of benzene rings is 1. The zero-order valence-electron chi connectivity index (χ0n) is 11.2. The second-order valence-corrected chi connectivity index (χ2v) is 4.31. The molecule has 0 aliphatic rings. The van der Waals surface area contributed by atoms with Crippen LogP contribution in [0.15, 0.2) is 36.5 Å². The summed E-state index contributed by atoms with van der Waals surface area (Å²) in [5.74, 6) is -1.51. The van der Waals surface area contributed by atoms with Crippen LogP contribution in [-0.2, 0) is 6.18 Å². The number of nitrogens with one attached hydrogen (secondary N) is 1. The molecule has 2 aromatic rings. The smallest absolute Gasteiger partial charge is 0.423 e. The van der Waals surface area contributed by atoms with E-state index in [4.69, 9.17) is 0 Å². The van der Waals surface area contributed by atoms with Crippen LogP contribution in [0.2, 0.25) is 0 Å². The number of hydrogen-bond acceptors (Lipinski definition) is 4. The maximum atomic E-state index is 12.8. The van der Waals surface area contributed by atoms with E-state index in [1.807, 2.05) is 0 Å². The van der Waals surface area contributed by atoms with E-state index in [1.54, 1.807) is 30.3 Å². The molecule has 1 heterocycles. The number of halogens is 6. The summed E-state index contributed by atoms with van der Waals surface area (Å²) in [6.45, 7) is -1.89. The minimum Gasteiger partial charge on any atom is -0.467 e. The van der Waals surface area contributed by atoms with Gasteiger partial charge in [-0.1, -0.05) is 18.2 Å². The SMILES string of the molecule is FC(F)(F)COc1nc(Nc2ccccc2)ncc1C(F)(F)F. The molecule has 0 saturated heterocycles. The first-order valence-corrected chi connectivity index (χ1v) is 6.11. The molecule has 1 aromatic heterocycles. The Bertz CT molecular complexity index is 657. The predicted octanol–water partition coefficient (Wildman–Crippen LogP) is 4.18. The van der Waals surface area contributed by atoms with Crippen molar-refractivity contribution in [1.29, 1.82) is 0 Å². The van der Waals surface area contributed by atoms with Crippen LogP contribution in [0.25, 0.3) is 0 Å². The molecule has 1 aromatic carbocycles. The lowest BCUT2D eigenvalue weighted by Crippen LogP contribution is -2.22. The molecule has 0 fully saturated rings. The van der Waals surface area contributed by atoms with E-state index >= 15 is 0 Å². The van der Waals surface area contributed by atoms with Gasteiger partial charge < -0.3 is 10.1 Å². The van der Waals surface area contributed by atoms with E-state index in [2.05, 4.69) is 20.0 Å². The van der Waals surface area contributed by atoms with Gasteiger partial charge in [0, 0.05) is 11.9 Å². The summed E-state index contributed by atoms with van der Waals surface area (Å²) < 4.78 is 78.9. The molecule has 2 rings (SSSR count). The molecule has 0 spiro atoms. The predicted molar refractivity (Wildman–Crippen MR) is 68.3 cm³/mol. The van der Waals surface area contributed by atoms with Crippen LogP contribution in [0.4, 0.5) is 38.0 Å². The summed E-state index contributed by atoms with van der Waals surface area (Å²) in [6, 6.07) is 8.16. The van der Waals surface area contributed by atoms with Crippen LogP contribution in [0.5, 0.6) is 5.88 Å². The van der Waals surface area contributed by atoms with Gasteiger partial charge in [0.15, 0.2) is 6.61 Å². The monoisotopic (exact) mass is 337 g/mol. The third kappa shape index (κ3) is 5.01. The molecular weight excluding hydrogens is 328 g/mol. The van der Waals surface area contributed by atoms with Crippen LogP contribution in [0, 0.1) is 0 Å². The average molecular weight is 337 g/mol. The molecule has 10 heteroatoms. The van der Waals surface area contributed by atoms with Gasteiger partial charge >= 0.3 is 12.4 Å². The summed E-state index contributed by atoms with van der Waals surface area (Å²) in [7, 11) is 0. The largest absolute Gasteiger partial charge is 0.467 e. The topological polar surface area (TPSA) is 47.0 Å². The highest BCUT2D eigenvalue weighted by Crippen LogP contribution is 2.35. The molecule has 0 bridgehead atoms. The van der Waals surface area contributed by atoms with Gasteiger partial charge in [0.1, 0.15) is 5.56 Å². The highest BCUT2D eigenvalue weighted by atomic mass is 19.4. The maximum Gasteiger partial charge on any atom is 0.423 e. The average Bonchev–Trinajstić information content (AvgIpc) is 2.44. The van der Waals surface area contributed by atoms with Gasteiger partial charge in [-0.25, -0.2) is 4.98 Å². The van der Waals surface area contributed by atoms with E-state index in [9.17, 15) is 26.3 Å². The quantitative estimate of drug-likeness (QED) is 0.850. The van der Waals surface area contributed by atoms with Crippen LogP contribution >= 0.6 is 0 Å². The van der Waals surface area contributed by atoms with Crippen molar-refractivity contribution >= 4 is 11.6 Å². The Hall–Kier alpha value is -2.52. The summed E-state index contributed by atoms with van der Waals surface area (Å²) in [4.78, 5) is 6.82. The minimum absolute atomic E-state index is 0.318. The van der Waals surface area contributed by atoms with Crippen molar-refractivity contribution in [3.63, 3.8) is 0 Å². The molecule has 0 atom stereocenters. The van der Waals surface area contributed by atoms with Crippen LogP contribution in [0.3, 0.4) is 0 Å². The Morgan fingerprint density at radius 2 is 1.65 bits per heavy atom. The van der Waals surface area contributed by atoms with Crippen molar-refractivity contribution in [2.75, 3.05) is 11.9 Å². The van der Waals surface area contributed by atoms with Gasteiger partial charge in [0.25, 0.3) is 0 Å². The number of hydrogen-bond donors (Lipinski definition) is 1. The zero-order valence-corrected chi connectivity index (χ0v) is 11.2. The van der Waals surface area contributed by atoms with Crippen LogP contribution in [0.1, 0.15) is 5.56 Å². The molecule has 4 nitrogen and oxygen atoms in total. The summed E-state index contributed by atoms with van der Waals surface area (Å²) in [5, 5.41) is 2.57. The fourth-order valence-electron chi connectivity index (χ4n) is 1.53. The van der Waals surface area contributed by atoms with Gasteiger partial charge in [0.2, 0.25) is 11.8 Å². The molecule has 0 saturated carbocycles. The molecule has 0 amide bonds. The normalized spacial score (nSPS) is 12.1. The Morgan fingerprint density at radius 1 is 1.00 bits per heavy atom. The molecule has 0 aliphatic heterocycles.